The monoisotopic (exact) mass is 286 g/mol. The zero-order valence-electron chi connectivity index (χ0n) is 9.82. The number of aromatic carboxylic acids is 1. The number of carboxylic acid groups (broad SMARTS) is 1. The van der Waals surface area contributed by atoms with E-state index in [0.29, 0.717) is 17.7 Å². The van der Waals surface area contributed by atoms with Gasteiger partial charge in [-0.25, -0.2) is 4.79 Å². The Labute approximate surface area is 113 Å². The predicted molar refractivity (Wildman–Crippen MR) is 71.1 cm³/mol. The van der Waals surface area contributed by atoms with Crippen molar-refractivity contribution in [3.63, 3.8) is 0 Å². The molecule has 18 heavy (non-hydrogen) atoms. The zero-order chi connectivity index (χ0) is 13.3. The van der Waals surface area contributed by atoms with Crippen LogP contribution in [0.25, 0.3) is 10.1 Å². The Bertz CT molecular complexity index is 606. The molecule has 0 atom stereocenters. The Balaban J connectivity index is 2.67. The van der Waals surface area contributed by atoms with Crippen LogP contribution in [-0.2, 0) is 11.3 Å². The van der Waals surface area contributed by atoms with Crippen LogP contribution in [-0.4, -0.2) is 25.3 Å². The fourth-order valence-corrected chi connectivity index (χ4v) is 3.12. The molecular weight excluding hydrogens is 276 g/mol. The van der Waals surface area contributed by atoms with Crippen LogP contribution >= 0.6 is 22.9 Å². The summed E-state index contributed by atoms with van der Waals surface area (Å²) in [4.78, 5) is 11.2. The second-order valence-electron chi connectivity index (χ2n) is 3.64. The van der Waals surface area contributed by atoms with Crippen LogP contribution in [0.3, 0.4) is 0 Å². The summed E-state index contributed by atoms with van der Waals surface area (Å²) >= 11 is 7.20. The van der Waals surface area contributed by atoms with E-state index >= 15 is 0 Å². The average molecular weight is 287 g/mol. The summed E-state index contributed by atoms with van der Waals surface area (Å²) in [6.45, 7) is 0.400. The normalized spacial score (nSPS) is 10.8. The van der Waals surface area contributed by atoms with Crippen LogP contribution in [0.2, 0.25) is 5.02 Å². The molecule has 0 unspecified atom stereocenters. The molecule has 0 saturated heterocycles. The summed E-state index contributed by atoms with van der Waals surface area (Å²) in [6.07, 6.45) is 0. The minimum atomic E-state index is -1.02. The summed E-state index contributed by atoms with van der Waals surface area (Å²) in [5.74, 6) is -0.380. The second kappa shape index (κ2) is 5.14. The molecule has 0 fully saturated rings. The lowest BCUT2D eigenvalue weighted by molar-refractivity contribution is 0.0702. The Kier molecular flexibility index (Phi) is 3.75. The number of hydrogen-bond acceptors (Lipinski definition) is 4. The third kappa shape index (κ3) is 2.16. The molecule has 1 aromatic heterocycles. The molecule has 0 aliphatic heterocycles. The third-order valence-electron chi connectivity index (χ3n) is 2.52. The Morgan fingerprint density at radius 1 is 1.44 bits per heavy atom. The van der Waals surface area contributed by atoms with Gasteiger partial charge in [0.2, 0.25) is 0 Å². The average Bonchev–Trinajstić information content (AvgIpc) is 2.66. The summed E-state index contributed by atoms with van der Waals surface area (Å²) in [5.41, 5.74) is 0.863. The summed E-state index contributed by atoms with van der Waals surface area (Å²) in [6, 6.07) is 3.59. The van der Waals surface area contributed by atoms with Gasteiger partial charge in [-0.15, -0.1) is 11.3 Å². The van der Waals surface area contributed by atoms with E-state index in [1.54, 1.807) is 20.3 Å². The van der Waals surface area contributed by atoms with Gasteiger partial charge in [-0.2, -0.15) is 0 Å². The van der Waals surface area contributed by atoms with Crippen molar-refractivity contribution < 1.29 is 19.4 Å². The van der Waals surface area contributed by atoms with Crippen molar-refractivity contribution in [2.75, 3.05) is 14.2 Å². The van der Waals surface area contributed by atoms with E-state index in [4.69, 9.17) is 26.2 Å². The molecule has 0 aliphatic rings. The number of carbonyl (C=O) groups is 1. The highest BCUT2D eigenvalue weighted by Crippen LogP contribution is 2.39. The summed E-state index contributed by atoms with van der Waals surface area (Å²) in [7, 11) is 3.15. The number of benzene rings is 1. The molecule has 2 aromatic rings. The van der Waals surface area contributed by atoms with Gasteiger partial charge in [0, 0.05) is 22.8 Å². The molecule has 2 rings (SSSR count). The number of rotatable bonds is 4. The van der Waals surface area contributed by atoms with Gasteiger partial charge < -0.3 is 14.6 Å². The lowest BCUT2D eigenvalue weighted by atomic mass is 10.1. The number of ether oxygens (including phenoxy) is 2. The van der Waals surface area contributed by atoms with Crippen LogP contribution < -0.4 is 4.74 Å². The molecular formula is C12H11ClO4S. The second-order valence-corrected chi connectivity index (χ2v) is 5.07. The number of hydrogen-bond donors (Lipinski definition) is 1. The number of carboxylic acids is 1. The molecule has 0 aliphatic carbocycles. The van der Waals surface area contributed by atoms with Gasteiger partial charge in [-0.05, 0) is 12.1 Å². The van der Waals surface area contributed by atoms with Crippen molar-refractivity contribution in [3.8, 4) is 5.75 Å². The van der Waals surface area contributed by atoms with Crippen LogP contribution in [0, 0.1) is 0 Å². The minimum absolute atomic E-state index is 0.142. The molecule has 1 N–H and O–H groups in total. The fraction of sp³-hybridized carbons (Fsp3) is 0.250. The van der Waals surface area contributed by atoms with Crippen LogP contribution in [0.1, 0.15) is 15.2 Å². The minimum Gasteiger partial charge on any atom is -0.496 e. The third-order valence-corrected chi connectivity index (χ3v) is 4.17. The van der Waals surface area contributed by atoms with E-state index in [9.17, 15) is 4.79 Å². The molecule has 0 amide bonds. The van der Waals surface area contributed by atoms with Crippen molar-refractivity contribution in [1.82, 2.24) is 0 Å². The largest absolute Gasteiger partial charge is 0.496 e. The summed E-state index contributed by atoms with van der Waals surface area (Å²) < 4.78 is 11.1. The topological polar surface area (TPSA) is 55.8 Å². The van der Waals surface area contributed by atoms with Gasteiger partial charge in [0.25, 0.3) is 0 Å². The maximum absolute atomic E-state index is 11.0. The fourth-order valence-electron chi connectivity index (χ4n) is 1.73. The predicted octanol–water partition coefficient (Wildman–Crippen LogP) is 3.41. The summed E-state index contributed by atoms with van der Waals surface area (Å²) in [5, 5.41) is 9.98. The Morgan fingerprint density at radius 2 is 2.17 bits per heavy atom. The SMILES string of the molecule is COCc1cc2sc(C(=O)O)c(Cl)c2cc1OC. The van der Waals surface area contributed by atoms with Gasteiger partial charge in [0.1, 0.15) is 10.6 Å². The first-order valence-electron chi connectivity index (χ1n) is 5.09. The van der Waals surface area contributed by atoms with Crippen molar-refractivity contribution in [1.29, 1.82) is 0 Å². The quantitative estimate of drug-likeness (QED) is 0.936. The van der Waals surface area contributed by atoms with E-state index < -0.39 is 5.97 Å². The van der Waals surface area contributed by atoms with Crippen molar-refractivity contribution in [2.24, 2.45) is 0 Å². The molecule has 0 radical (unpaired) electrons. The lowest BCUT2D eigenvalue weighted by Crippen LogP contribution is -1.93. The van der Waals surface area contributed by atoms with Crippen molar-refractivity contribution in [2.45, 2.75) is 6.61 Å². The molecule has 1 aromatic carbocycles. The van der Waals surface area contributed by atoms with Crippen molar-refractivity contribution in [3.05, 3.63) is 27.6 Å². The maximum Gasteiger partial charge on any atom is 0.347 e. The molecule has 6 heteroatoms. The highest BCUT2D eigenvalue weighted by Gasteiger charge is 2.18. The number of halogens is 1. The smallest absolute Gasteiger partial charge is 0.347 e. The first-order chi connectivity index (χ1) is 8.58. The molecule has 0 spiro atoms. The van der Waals surface area contributed by atoms with Crippen LogP contribution in [0.4, 0.5) is 0 Å². The van der Waals surface area contributed by atoms with E-state index in [1.165, 1.54) is 0 Å². The Morgan fingerprint density at radius 3 is 2.72 bits per heavy atom. The van der Waals surface area contributed by atoms with Crippen molar-refractivity contribution >= 4 is 39.0 Å². The van der Waals surface area contributed by atoms with E-state index in [-0.39, 0.29) is 9.90 Å². The highest BCUT2D eigenvalue weighted by molar-refractivity contribution is 7.21. The molecule has 1 heterocycles. The molecule has 96 valence electrons. The Hall–Kier alpha value is -1.30. The van der Waals surface area contributed by atoms with Gasteiger partial charge >= 0.3 is 5.97 Å². The number of methoxy groups -OCH3 is 2. The number of thiophene rings is 1. The standard InChI is InChI=1S/C12H11ClO4S/c1-16-5-6-3-9-7(4-8(6)17-2)10(13)11(18-9)12(14)15/h3-4H,5H2,1-2H3,(H,14,15). The molecule has 0 bridgehead atoms. The van der Waals surface area contributed by atoms with Gasteiger partial charge in [0.05, 0.1) is 18.7 Å². The van der Waals surface area contributed by atoms with E-state index in [1.807, 2.05) is 6.07 Å². The lowest BCUT2D eigenvalue weighted by Gasteiger charge is -2.07. The molecule has 4 nitrogen and oxygen atoms in total. The van der Waals surface area contributed by atoms with E-state index in [0.717, 1.165) is 21.6 Å². The highest BCUT2D eigenvalue weighted by atomic mass is 35.5. The van der Waals surface area contributed by atoms with E-state index in [2.05, 4.69) is 0 Å². The number of fused-ring (bicyclic) bond motifs is 1. The zero-order valence-corrected chi connectivity index (χ0v) is 11.4. The molecule has 0 saturated carbocycles. The van der Waals surface area contributed by atoms with Crippen LogP contribution in [0.15, 0.2) is 12.1 Å². The first kappa shape index (κ1) is 13.1. The van der Waals surface area contributed by atoms with Crippen LogP contribution in [0.5, 0.6) is 5.75 Å². The first-order valence-corrected chi connectivity index (χ1v) is 6.29. The maximum atomic E-state index is 11.0. The van der Waals surface area contributed by atoms with Gasteiger partial charge in [-0.1, -0.05) is 11.6 Å². The van der Waals surface area contributed by atoms with Gasteiger partial charge in [0.15, 0.2) is 0 Å². The van der Waals surface area contributed by atoms with Gasteiger partial charge in [-0.3, -0.25) is 0 Å².